The molecule has 3 heteroatoms. The summed E-state index contributed by atoms with van der Waals surface area (Å²) in [7, 11) is 0. The van der Waals surface area contributed by atoms with Gasteiger partial charge >= 0.3 is 0 Å². The Kier molecular flexibility index (Phi) is 7.58. The second kappa shape index (κ2) is 7.38. The third kappa shape index (κ3) is 6.39. The Labute approximate surface area is 67.2 Å². The number of rotatable bonds is 6. The van der Waals surface area contributed by atoms with E-state index < -0.39 is 0 Å². The van der Waals surface area contributed by atoms with Crippen LogP contribution in [-0.4, -0.2) is 29.8 Å². The second-order valence-corrected chi connectivity index (χ2v) is 3.64. The van der Waals surface area contributed by atoms with Gasteiger partial charge in [-0.05, 0) is 30.4 Å². The summed E-state index contributed by atoms with van der Waals surface area (Å²) in [6.07, 6.45) is 0.905. The fraction of sp³-hybridized carbons (Fsp3) is 1.00. The van der Waals surface area contributed by atoms with Crippen molar-refractivity contribution in [3.63, 3.8) is 0 Å². The molecule has 0 amide bonds. The van der Waals surface area contributed by atoms with Crippen LogP contribution in [0.2, 0.25) is 0 Å². The summed E-state index contributed by atoms with van der Waals surface area (Å²) in [6, 6.07) is 0. The van der Waals surface area contributed by atoms with E-state index >= 15 is 0 Å². The number of hydrogen-bond donors (Lipinski definition) is 2. The zero-order valence-electron chi connectivity index (χ0n) is 6.55. The first-order valence-electron chi connectivity index (χ1n) is 3.70. The van der Waals surface area contributed by atoms with Crippen LogP contribution in [0.3, 0.4) is 0 Å². The van der Waals surface area contributed by atoms with Gasteiger partial charge in [0.25, 0.3) is 0 Å². The van der Waals surface area contributed by atoms with Crippen molar-refractivity contribution in [1.82, 2.24) is 0 Å². The lowest BCUT2D eigenvalue weighted by molar-refractivity contribution is 0.296. The van der Waals surface area contributed by atoms with Gasteiger partial charge in [-0.25, -0.2) is 0 Å². The fourth-order valence-corrected chi connectivity index (χ4v) is 1.56. The lowest BCUT2D eigenvalue weighted by atomic mass is 10.2. The minimum absolute atomic E-state index is 0.310. The number of hydrogen-bond acceptors (Lipinski definition) is 3. The Morgan fingerprint density at radius 1 is 1.60 bits per heavy atom. The third-order valence-electron chi connectivity index (χ3n) is 1.25. The first-order chi connectivity index (χ1) is 4.81. The van der Waals surface area contributed by atoms with E-state index in [-0.39, 0.29) is 0 Å². The van der Waals surface area contributed by atoms with E-state index in [1.165, 1.54) is 0 Å². The quantitative estimate of drug-likeness (QED) is 0.567. The normalized spacial score (nSPS) is 13.5. The lowest BCUT2D eigenvalue weighted by Crippen LogP contribution is -2.13. The molecule has 0 radical (unpaired) electrons. The summed E-state index contributed by atoms with van der Waals surface area (Å²) in [5.74, 6) is 2.79. The molecule has 0 spiro atoms. The zero-order chi connectivity index (χ0) is 7.82. The van der Waals surface area contributed by atoms with Gasteiger partial charge in [0.2, 0.25) is 0 Å². The number of aliphatic hydroxyl groups excluding tert-OH is 1. The highest BCUT2D eigenvalue weighted by Crippen LogP contribution is 2.07. The Morgan fingerprint density at radius 2 is 2.30 bits per heavy atom. The smallest absolute Gasteiger partial charge is 0.0438 e. The molecule has 0 aliphatic rings. The molecule has 0 aliphatic carbocycles. The maximum absolute atomic E-state index is 8.45. The molecule has 0 aromatic carbocycles. The van der Waals surface area contributed by atoms with E-state index in [2.05, 4.69) is 6.92 Å². The summed E-state index contributed by atoms with van der Waals surface area (Å²) in [5.41, 5.74) is 5.42. The molecule has 10 heavy (non-hydrogen) atoms. The van der Waals surface area contributed by atoms with Crippen LogP contribution in [0.5, 0.6) is 0 Å². The van der Waals surface area contributed by atoms with Crippen molar-refractivity contribution in [2.45, 2.75) is 13.3 Å². The summed E-state index contributed by atoms with van der Waals surface area (Å²) < 4.78 is 0. The molecule has 0 fully saturated rings. The summed E-state index contributed by atoms with van der Waals surface area (Å²) in [5, 5.41) is 8.45. The van der Waals surface area contributed by atoms with Crippen LogP contribution in [0.25, 0.3) is 0 Å². The van der Waals surface area contributed by atoms with E-state index in [0.29, 0.717) is 12.5 Å². The predicted octanol–water partition coefficient (Wildman–Crippen LogP) is 0.697. The Hall–Kier alpha value is 0.270. The van der Waals surface area contributed by atoms with Gasteiger partial charge in [-0.2, -0.15) is 11.8 Å². The maximum Gasteiger partial charge on any atom is 0.0438 e. The van der Waals surface area contributed by atoms with Crippen molar-refractivity contribution < 1.29 is 5.11 Å². The largest absolute Gasteiger partial charge is 0.396 e. The molecular weight excluding hydrogens is 146 g/mol. The fourth-order valence-electron chi connectivity index (χ4n) is 0.519. The van der Waals surface area contributed by atoms with Crippen LogP contribution in [0.15, 0.2) is 0 Å². The molecule has 0 aromatic heterocycles. The SMILES string of the molecule is CC(CN)CSCCCO. The average Bonchev–Trinajstić information content (AvgIpc) is 1.98. The van der Waals surface area contributed by atoms with Crippen LogP contribution >= 0.6 is 11.8 Å². The molecule has 0 heterocycles. The molecule has 62 valence electrons. The summed E-state index contributed by atoms with van der Waals surface area (Å²) >= 11 is 1.87. The monoisotopic (exact) mass is 163 g/mol. The highest BCUT2D eigenvalue weighted by molar-refractivity contribution is 7.99. The molecule has 2 nitrogen and oxygen atoms in total. The maximum atomic E-state index is 8.45. The molecule has 0 aliphatic heterocycles. The Balaban J connectivity index is 2.89. The molecule has 0 aromatic rings. The highest BCUT2D eigenvalue weighted by Gasteiger charge is 1.97. The highest BCUT2D eigenvalue weighted by atomic mass is 32.2. The molecule has 0 bridgehead atoms. The Morgan fingerprint density at radius 3 is 2.80 bits per heavy atom. The molecule has 1 unspecified atom stereocenters. The number of nitrogens with two attached hydrogens (primary N) is 1. The van der Waals surface area contributed by atoms with Crippen molar-refractivity contribution in [2.75, 3.05) is 24.7 Å². The van der Waals surface area contributed by atoms with E-state index in [1.807, 2.05) is 11.8 Å². The van der Waals surface area contributed by atoms with Gasteiger partial charge in [0, 0.05) is 6.61 Å². The minimum Gasteiger partial charge on any atom is -0.396 e. The van der Waals surface area contributed by atoms with E-state index in [9.17, 15) is 0 Å². The second-order valence-electron chi connectivity index (χ2n) is 2.49. The minimum atomic E-state index is 0.310. The van der Waals surface area contributed by atoms with Crippen molar-refractivity contribution in [1.29, 1.82) is 0 Å². The zero-order valence-corrected chi connectivity index (χ0v) is 7.36. The van der Waals surface area contributed by atoms with Crippen molar-refractivity contribution in [3.8, 4) is 0 Å². The first kappa shape index (κ1) is 10.3. The molecule has 1 atom stereocenters. The molecule has 3 N–H and O–H groups in total. The number of aliphatic hydroxyl groups is 1. The summed E-state index contributed by atoms with van der Waals surface area (Å²) in [6.45, 7) is 3.22. The van der Waals surface area contributed by atoms with Gasteiger partial charge in [0.15, 0.2) is 0 Å². The molecular formula is C7H17NOS. The van der Waals surface area contributed by atoms with Crippen LogP contribution in [0.4, 0.5) is 0 Å². The third-order valence-corrected chi connectivity index (χ3v) is 2.63. The van der Waals surface area contributed by atoms with Gasteiger partial charge in [0.05, 0.1) is 0 Å². The first-order valence-corrected chi connectivity index (χ1v) is 4.85. The summed E-state index contributed by atoms with van der Waals surface area (Å²) in [4.78, 5) is 0. The lowest BCUT2D eigenvalue weighted by Gasteiger charge is -2.05. The van der Waals surface area contributed by atoms with Crippen LogP contribution in [0, 0.1) is 5.92 Å². The van der Waals surface area contributed by atoms with Crippen LogP contribution in [-0.2, 0) is 0 Å². The molecule has 0 saturated heterocycles. The van der Waals surface area contributed by atoms with Crippen LogP contribution in [0.1, 0.15) is 13.3 Å². The van der Waals surface area contributed by atoms with Crippen molar-refractivity contribution in [2.24, 2.45) is 11.7 Å². The molecule has 0 saturated carbocycles. The predicted molar refractivity (Wildman–Crippen MR) is 47.2 cm³/mol. The van der Waals surface area contributed by atoms with Gasteiger partial charge in [-0.3, -0.25) is 0 Å². The van der Waals surface area contributed by atoms with E-state index in [1.54, 1.807) is 0 Å². The Bertz CT molecular complexity index is 70.6. The van der Waals surface area contributed by atoms with E-state index in [4.69, 9.17) is 10.8 Å². The van der Waals surface area contributed by atoms with Crippen molar-refractivity contribution >= 4 is 11.8 Å². The molecule has 0 rings (SSSR count). The van der Waals surface area contributed by atoms with Crippen LogP contribution < -0.4 is 5.73 Å². The van der Waals surface area contributed by atoms with Gasteiger partial charge in [-0.15, -0.1) is 0 Å². The van der Waals surface area contributed by atoms with Gasteiger partial charge in [-0.1, -0.05) is 6.92 Å². The number of thioether (sulfide) groups is 1. The van der Waals surface area contributed by atoms with Gasteiger partial charge in [0.1, 0.15) is 0 Å². The standard InChI is InChI=1S/C7H17NOS/c1-7(5-8)6-10-4-2-3-9/h7,9H,2-6,8H2,1H3. The van der Waals surface area contributed by atoms with E-state index in [0.717, 1.165) is 24.5 Å². The topological polar surface area (TPSA) is 46.2 Å². The average molecular weight is 163 g/mol. The van der Waals surface area contributed by atoms with Crippen molar-refractivity contribution in [3.05, 3.63) is 0 Å². The van der Waals surface area contributed by atoms with Gasteiger partial charge < -0.3 is 10.8 Å².